The van der Waals surface area contributed by atoms with Crippen LogP contribution >= 0.6 is 0 Å². The summed E-state index contributed by atoms with van der Waals surface area (Å²) in [5.74, 6) is 0. The molecule has 1 aromatic carbocycles. The summed E-state index contributed by atoms with van der Waals surface area (Å²) in [7, 11) is 0. The molecule has 4 nitrogen and oxygen atoms in total. The first-order chi connectivity index (χ1) is 9.46. The van der Waals surface area contributed by atoms with Crippen LogP contribution in [0.1, 0.15) is 39.2 Å². The van der Waals surface area contributed by atoms with Gasteiger partial charge in [-0.1, -0.05) is 30.3 Å². The van der Waals surface area contributed by atoms with Crippen LogP contribution in [0.25, 0.3) is 0 Å². The molecule has 1 amide bonds. The third-order valence-electron chi connectivity index (χ3n) is 3.11. The van der Waals surface area contributed by atoms with Crippen molar-refractivity contribution in [3.8, 4) is 0 Å². The number of carbonyl (C=O) groups excluding carboxylic acids is 1. The quantitative estimate of drug-likeness (QED) is 0.848. The maximum atomic E-state index is 12.1. The Hall–Kier alpha value is -1.55. The Balaban J connectivity index is 1.89. The zero-order chi connectivity index (χ0) is 14.6. The van der Waals surface area contributed by atoms with Gasteiger partial charge in [-0.15, -0.1) is 0 Å². The number of carbonyl (C=O) groups is 1. The lowest BCUT2D eigenvalue weighted by atomic mass is 10.2. The number of hydrogen-bond acceptors (Lipinski definition) is 3. The molecular weight excluding hydrogens is 254 g/mol. The Morgan fingerprint density at radius 2 is 2.00 bits per heavy atom. The molecular formula is C16H23NO3. The van der Waals surface area contributed by atoms with Crippen LogP contribution in [0.3, 0.4) is 0 Å². The maximum Gasteiger partial charge on any atom is 0.412 e. The molecule has 0 unspecified atom stereocenters. The predicted octanol–water partition coefficient (Wildman–Crippen LogP) is 3.56. The van der Waals surface area contributed by atoms with E-state index in [4.69, 9.17) is 9.47 Å². The summed E-state index contributed by atoms with van der Waals surface area (Å²) in [6.07, 6.45) is 1.36. The van der Waals surface area contributed by atoms with Crippen LogP contribution in [0.15, 0.2) is 30.3 Å². The third kappa shape index (κ3) is 4.23. The summed E-state index contributed by atoms with van der Waals surface area (Å²) < 4.78 is 11.3. The van der Waals surface area contributed by atoms with Crippen LogP contribution < -0.4 is 0 Å². The molecule has 1 saturated heterocycles. The minimum absolute atomic E-state index is 0.176. The lowest BCUT2D eigenvalue weighted by Crippen LogP contribution is -2.40. The fourth-order valence-corrected chi connectivity index (χ4v) is 2.21. The number of hydrogen-bond donors (Lipinski definition) is 0. The van der Waals surface area contributed by atoms with Crippen molar-refractivity contribution in [3.63, 3.8) is 0 Å². The number of amides is 1. The van der Waals surface area contributed by atoms with E-state index in [0.717, 1.165) is 18.4 Å². The summed E-state index contributed by atoms with van der Waals surface area (Å²) in [6, 6.07) is 9.99. The number of nitrogens with zero attached hydrogens (tertiary/aromatic N) is 1. The molecule has 0 N–H and O–H groups in total. The second-order valence-electron chi connectivity index (χ2n) is 6.07. The topological polar surface area (TPSA) is 38.8 Å². The van der Waals surface area contributed by atoms with E-state index in [1.165, 1.54) is 0 Å². The van der Waals surface area contributed by atoms with E-state index in [-0.39, 0.29) is 12.3 Å². The molecule has 1 heterocycles. The molecule has 0 aliphatic carbocycles. The standard InChI is InChI=1S/C16H23NO3/c1-16(2,3)20-15(18)17-11-7-10-14(17)19-12-13-8-5-4-6-9-13/h4-6,8-9,14H,7,10-12H2,1-3H3/t14-/m1/s1. The van der Waals surface area contributed by atoms with E-state index in [9.17, 15) is 4.79 Å². The Labute approximate surface area is 120 Å². The first-order valence-electron chi connectivity index (χ1n) is 7.11. The Kier molecular flexibility index (Phi) is 4.65. The fourth-order valence-electron chi connectivity index (χ4n) is 2.21. The van der Waals surface area contributed by atoms with Crippen LogP contribution in [0.4, 0.5) is 4.79 Å². The van der Waals surface area contributed by atoms with Gasteiger partial charge in [-0.3, -0.25) is 4.90 Å². The van der Waals surface area contributed by atoms with Gasteiger partial charge in [-0.2, -0.15) is 0 Å². The SMILES string of the molecule is CC(C)(C)OC(=O)N1CCC[C@H]1OCc1ccccc1. The van der Waals surface area contributed by atoms with Crippen LogP contribution in [0, 0.1) is 0 Å². The van der Waals surface area contributed by atoms with Gasteiger partial charge in [0, 0.05) is 6.54 Å². The third-order valence-corrected chi connectivity index (χ3v) is 3.11. The van der Waals surface area contributed by atoms with Gasteiger partial charge in [0.05, 0.1) is 6.61 Å². The first kappa shape index (κ1) is 14.9. The lowest BCUT2D eigenvalue weighted by molar-refractivity contribution is -0.0557. The molecule has 1 aliphatic rings. The van der Waals surface area contributed by atoms with E-state index >= 15 is 0 Å². The molecule has 0 aromatic heterocycles. The summed E-state index contributed by atoms with van der Waals surface area (Å²) in [4.78, 5) is 13.8. The fraction of sp³-hybridized carbons (Fsp3) is 0.562. The van der Waals surface area contributed by atoms with E-state index in [0.29, 0.717) is 13.2 Å². The smallest absolute Gasteiger partial charge is 0.412 e. The maximum absolute atomic E-state index is 12.1. The largest absolute Gasteiger partial charge is 0.444 e. The highest BCUT2D eigenvalue weighted by Crippen LogP contribution is 2.22. The molecule has 4 heteroatoms. The number of benzene rings is 1. The summed E-state index contributed by atoms with van der Waals surface area (Å²) in [5.41, 5.74) is 0.646. The minimum atomic E-state index is -0.469. The predicted molar refractivity (Wildman–Crippen MR) is 77.2 cm³/mol. The molecule has 1 aliphatic heterocycles. The van der Waals surface area contributed by atoms with Crippen molar-refractivity contribution in [3.05, 3.63) is 35.9 Å². The summed E-state index contributed by atoms with van der Waals surface area (Å²) >= 11 is 0. The van der Waals surface area contributed by atoms with Crippen LogP contribution in [0.2, 0.25) is 0 Å². The molecule has 20 heavy (non-hydrogen) atoms. The Morgan fingerprint density at radius 1 is 1.30 bits per heavy atom. The number of ether oxygens (including phenoxy) is 2. The van der Waals surface area contributed by atoms with Crippen LogP contribution in [-0.4, -0.2) is 29.4 Å². The van der Waals surface area contributed by atoms with Gasteiger partial charge in [0.15, 0.2) is 0 Å². The van der Waals surface area contributed by atoms with Crippen LogP contribution in [-0.2, 0) is 16.1 Å². The molecule has 2 rings (SSSR count). The molecule has 110 valence electrons. The normalized spacial score (nSPS) is 19.1. The summed E-state index contributed by atoms with van der Waals surface area (Å²) in [5, 5.41) is 0. The molecule has 0 spiro atoms. The van der Waals surface area contributed by atoms with Gasteiger partial charge < -0.3 is 9.47 Å². The highest BCUT2D eigenvalue weighted by molar-refractivity contribution is 5.68. The zero-order valence-electron chi connectivity index (χ0n) is 12.5. The molecule has 1 fully saturated rings. The summed E-state index contributed by atoms with van der Waals surface area (Å²) in [6.45, 7) is 6.85. The minimum Gasteiger partial charge on any atom is -0.444 e. The van der Waals surface area contributed by atoms with Gasteiger partial charge in [0.2, 0.25) is 0 Å². The second kappa shape index (κ2) is 6.27. The molecule has 1 atom stereocenters. The van der Waals surface area contributed by atoms with Gasteiger partial charge in [0.1, 0.15) is 11.8 Å². The average Bonchev–Trinajstić information content (AvgIpc) is 2.84. The first-order valence-corrected chi connectivity index (χ1v) is 7.11. The molecule has 0 bridgehead atoms. The van der Waals surface area contributed by atoms with Crippen molar-refractivity contribution < 1.29 is 14.3 Å². The van der Waals surface area contributed by atoms with Gasteiger partial charge in [-0.25, -0.2) is 4.79 Å². The van der Waals surface area contributed by atoms with Crippen molar-refractivity contribution in [2.24, 2.45) is 0 Å². The Morgan fingerprint density at radius 3 is 2.65 bits per heavy atom. The van der Waals surface area contributed by atoms with Crippen molar-refractivity contribution in [1.82, 2.24) is 4.90 Å². The van der Waals surface area contributed by atoms with E-state index in [1.54, 1.807) is 4.90 Å². The van der Waals surface area contributed by atoms with Gasteiger partial charge >= 0.3 is 6.09 Å². The zero-order valence-corrected chi connectivity index (χ0v) is 12.5. The lowest BCUT2D eigenvalue weighted by Gasteiger charge is -2.28. The number of likely N-dealkylation sites (tertiary alicyclic amines) is 1. The van der Waals surface area contributed by atoms with Crippen molar-refractivity contribution in [2.75, 3.05) is 6.54 Å². The molecule has 0 saturated carbocycles. The number of rotatable bonds is 3. The highest BCUT2D eigenvalue weighted by Gasteiger charge is 2.32. The van der Waals surface area contributed by atoms with E-state index in [2.05, 4.69) is 0 Å². The van der Waals surface area contributed by atoms with Crippen molar-refractivity contribution in [1.29, 1.82) is 0 Å². The Bertz CT molecular complexity index is 439. The average molecular weight is 277 g/mol. The van der Waals surface area contributed by atoms with E-state index < -0.39 is 5.60 Å². The van der Waals surface area contributed by atoms with Crippen molar-refractivity contribution >= 4 is 6.09 Å². The molecule has 1 aromatic rings. The highest BCUT2D eigenvalue weighted by atomic mass is 16.6. The monoisotopic (exact) mass is 277 g/mol. The van der Waals surface area contributed by atoms with Crippen LogP contribution in [0.5, 0.6) is 0 Å². The van der Waals surface area contributed by atoms with E-state index in [1.807, 2.05) is 51.1 Å². The van der Waals surface area contributed by atoms with Crippen molar-refractivity contribution in [2.45, 2.75) is 52.0 Å². The van der Waals surface area contributed by atoms with Gasteiger partial charge in [0.25, 0.3) is 0 Å². The second-order valence-corrected chi connectivity index (χ2v) is 6.07. The molecule has 0 radical (unpaired) electrons. The van der Waals surface area contributed by atoms with Gasteiger partial charge in [-0.05, 0) is 39.2 Å².